The van der Waals surface area contributed by atoms with Crippen LogP contribution >= 0.6 is 24.0 Å². The van der Waals surface area contributed by atoms with Crippen LogP contribution < -0.4 is 10.6 Å². The van der Waals surface area contributed by atoms with Crippen molar-refractivity contribution in [3.8, 4) is 0 Å². The van der Waals surface area contributed by atoms with Gasteiger partial charge >= 0.3 is 6.09 Å². The first-order valence-corrected chi connectivity index (χ1v) is 11.7. The van der Waals surface area contributed by atoms with Gasteiger partial charge < -0.3 is 24.8 Å². The van der Waals surface area contributed by atoms with Crippen LogP contribution in [-0.2, 0) is 11.3 Å². The molecule has 0 atom stereocenters. The normalized spacial score (nSPS) is 15.5. The van der Waals surface area contributed by atoms with Gasteiger partial charge in [-0.1, -0.05) is 19.0 Å². The van der Waals surface area contributed by atoms with Gasteiger partial charge in [0.05, 0.1) is 5.69 Å². The molecular weight excluding hydrogens is 521 g/mol. The first kappa shape index (κ1) is 28.5. The average Bonchev–Trinajstić information content (AvgIpc) is 3.19. The molecule has 1 saturated heterocycles. The number of piperidine rings is 1. The van der Waals surface area contributed by atoms with E-state index in [4.69, 9.17) is 9.26 Å². The Morgan fingerprint density at radius 2 is 1.91 bits per heavy atom. The molecule has 9 heteroatoms. The second-order valence-corrected chi connectivity index (χ2v) is 9.22. The van der Waals surface area contributed by atoms with Crippen LogP contribution in [0.15, 0.2) is 15.6 Å². The first-order valence-electron chi connectivity index (χ1n) is 11.7. The van der Waals surface area contributed by atoms with Gasteiger partial charge in [0.2, 0.25) is 0 Å². The largest absolute Gasteiger partial charge is 0.444 e. The van der Waals surface area contributed by atoms with E-state index in [2.05, 4.69) is 41.6 Å². The van der Waals surface area contributed by atoms with Gasteiger partial charge in [-0.15, -0.1) is 24.0 Å². The highest BCUT2D eigenvalue weighted by molar-refractivity contribution is 14.0. The number of halogens is 1. The summed E-state index contributed by atoms with van der Waals surface area (Å²) in [7, 11) is 0. The summed E-state index contributed by atoms with van der Waals surface area (Å²) in [5.74, 6) is 2.50. The SMILES string of the molecule is CCNC(=NCc1cc(C(CC)CC)no1)NCC1CCN(C(=O)OC(C)(C)C)CC1.I. The van der Waals surface area contributed by atoms with E-state index in [1.54, 1.807) is 0 Å². The van der Waals surface area contributed by atoms with Crippen molar-refractivity contribution in [1.29, 1.82) is 0 Å². The van der Waals surface area contributed by atoms with Gasteiger partial charge in [0.1, 0.15) is 12.1 Å². The summed E-state index contributed by atoms with van der Waals surface area (Å²) in [6.45, 7) is 15.6. The number of likely N-dealkylation sites (tertiary alicyclic amines) is 1. The minimum Gasteiger partial charge on any atom is -0.444 e. The molecule has 1 aromatic rings. The highest BCUT2D eigenvalue weighted by atomic mass is 127. The molecule has 0 aromatic carbocycles. The number of hydrogen-bond donors (Lipinski definition) is 2. The molecule has 1 amide bonds. The summed E-state index contributed by atoms with van der Waals surface area (Å²) >= 11 is 0. The van der Waals surface area contributed by atoms with Crippen molar-refractivity contribution in [2.24, 2.45) is 10.9 Å². The van der Waals surface area contributed by atoms with Gasteiger partial charge in [0.15, 0.2) is 11.7 Å². The van der Waals surface area contributed by atoms with Gasteiger partial charge in [-0.05, 0) is 59.3 Å². The lowest BCUT2D eigenvalue weighted by atomic mass is 9.97. The van der Waals surface area contributed by atoms with Crippen molar-refractivity contribution in [1.82, 2.24) is 20.7 Å². The van der Waals surface area contributed by atoms with Crippen molar-refractivity contribution < 1.29 is 14.1 Å². The van der Waals surface area contributed by atoms with Crippen molar-refractivity contribution >= 4 is 36.0 Å². The zero-order chi connectivity index (χ0) is 22.9. The van der Waals surface area contributed by atoms with Gasteiger partial charge in [-0.2, -0.15) is 0 Å². The summed E-state index contributed by atoms with van der Waals surface area (Å²) in [5, 5.41) is 10.9. The lowest BCUT2D eigenvalue weighted by molar-refractivity contribution is 0.0185. The number of carbonyl (C=O) groups excluding carboxylic acids is 1. The van der Waals surface area contributed by atoms with Gasteiger partial charge in [0, 0.05) is 38.2 Å². The lowest BCUT2D eigenvalue weighted by Gasteiger charge is -2.33. The zero-order valence-corrected chi connectivity index (χ0v) is 22.9. The standard InChI is InChI=1S/C23H41N5O3.HI/c1-7-18(8-2)20-14-19(31-27-20)16-26-21(24-9-3)25-15-17-10-12-28(13-11-17)22(29)30-23(4,5)6;/h14,17-18H,7-13,15-16H2,1-6H3,(H2,24,25,26);1H. The van der Waals surface area contributed by atoms with Crippen molar-refractivity contribution in [3.05, 3.63) is 17.5 Å². The Morgan fingerprint density at radius 3 is 2.47 bits per heavy atom. The summed E-state index contributed by atoms with van der Waals surface area (Å²) in [4.78, 5) is 18.7. The van der Waals surface area contributed by atoms with Crippen molar-refractivity contribution in [2.75, 3.05) is 26.2 Å². The molecule has 8 nitrogen and oxygen atoms in total. The van der Waals surface area contributed by atoms with Crippen LogP contribution in [0.2, 0.25) is 0 Å². The molecule has 1 aliphatic heterocycles. The van der Waals surface area contributed by atoms with E-state index in [0.717, 1.165) is 69.3 Å². The van der Waals surface area contributed by atoms with E-state index >= 15 is 0 Å². The predicted octanol–water partition coefficient (Wildman–Crippen LogP) is 4.90. The van der Waals surface area contributed by atoms with Crippen LogP contribution in [0.1, 0.15) is 84.6 Å². The number of nitrogens with one attached hydrogen (secondary N) is 2. The maximum atomic E-state index is 12.2. The Hall–Kier alpha value is -1.52. The van der Waals surface area contributed by atoms with E-state index in [0.29, 0.717) is 18.4 Å². The quantitative estimate of drug-likeness (QED) is 0.266. The minimum absolute atomic E-state index is 0. The number of nitrogens with zero attached hydrogens (tertiary/aromatic N) is 3. The third-order valence-corrected chi connectivity index (χ3v) is 5.54. The monoisotopic (exact) mass is 563 g/mol. The van der Waals surface area contributed by atoms with Crippen LogP contribution in [0.25, 0.3) is 0 Å². The molecule has 0 radical (unpaired) electrons. The second kappa shape index (κ2) is 13.9. The Labute approximate surface area is 210 Å². The summed E-state index contributed by atoms with van der Waals surface area (Å²) in [6, 6.07) is 2.02. The number of aliphatic imine (C=N–C) groups is 1. The Morgan fingerprint density at radius 1 is 1.25 bits per heavy atom. The highest BCUT2D eigenvalue weighted by Gasteiger charge is 2.26. The summed E-state index contributed by atoms with van der Waals surface area (Å²) in [6.07, 6.45) is 3.80. The minimum atomic E-state index is -0.453. The molecule has 0 unspecified atom stereocenters. The molecule has 0 bridgehead atoms. The topological polar surface area (TPSA) is 92.0 Å². The Bertz CT molecular complexity index is 705. The molecule has 0 saturated carbocycles. The maximum Gasteiger partial charge on any atom is 0.410 e. The maximum absolute atomic E-state index is 12.2. The van der Waals surface area contributed by atoms with E-state index < -0.39 is 5.60 Å². The molecule has 2 rings (SSSR count). The molecule has 2 N–H and O–H groups in total. The number of aromatic nitrogens is 1. The Balaban J connectivity index is 0.00000512. The van der Waals surface area contributed by atoms with E-state index in [-0.39, 0.29) is 30.1 Å². The van der Waals surface area contributed by atoms with Crippen LogP contribution in [0, 0.1) is 5.92 Å². The first-order chi connectivity index (χ1) is 14.8. The third kappa shape index (κ3) is 9.54. The number of guanidine groups is 1. The molecule has 2 heterocycles. The van der Waals surface area contributed by atoms with Gasteiger partial charge in [0.25, 0.3) is 0 Å². The number of amides is 1. The number of ether oxygens (including phenoxy) is 1. The van der Waals surface area contributed by atoms with Crippen LogP contribution in [0.4, 0.5) is 4.79 Å². The van der Waals surface area contributed by atoms with Crippen molar-refractivity contribution in [3.63, 3.8) is 0 Å². The molecule has 1 aliphatic rings. The smallest absolute Gasteiger partial charge is 0.410 e. The molecule has 184 valence electrons. The molecule has 1 aromatic heterocycles. The lowest BCUT2D eigenvalue weighted by Crippen LogP contribution is -2.45. The number of hydrogen-bond acceptors (Lipinski definition) is 5. The molecule has 32 heavy (non-hydrogen) atoms. The van der Waals surface area contributed by atoms with E-state index in [9.17, 15) is 4.79 Å². The second-order valence-electron chi connectivity index (χ2n) is 9.22. The summed E-state index contributed by atoms with van der Waals surface area (Å²) < 4.78 is 11.0. The number of rotatable bonds is 8. The van der Waals surface area contributed by atoms with Crippen LogP contribution in [0.3, 0.4) is 0 Å². The predicted molar refractivity (Wildman–Crippen MR) is 139 cm³/mol. The van der Waals surface area contributed by atoms with Crippen molar-refractivity contribution in [2.45, 2.75) is 85.3 Å². The fourth-order valence-corrected chi connectivity index (χ4v) is 3.69. The van der Waals surface area contributed by atoms with E-state index in [1.807, 2.05) is 31.7 Å². The van der Waals surface area contributed by atoms with Gasteiger partial charge in [-0.3, -0.25) is 0 Å². The van der Waals surface area contributed by atoms with Crippen LogP contribution in [-0.4, -0.2) is 53.9 Å². The van der Waals surface area contributed by atoms with Crippen LogP contribution in [0.5, 0.6) is 0 Å². The fraction of sp³-hybridized carbons (Fsp3) is 0.783. The molecule has 0 spiro atoms. The highest BCUT2D eigenvalue weighted by Crippen LogP contribution is 2.23. The third-order valence-electron chi connectivity index (χ3n) is 5.54. The molecule has 0 aliphatic carbocycles. The van der Waals surface area contributed by atoms with Gasteiger partial charge in [-0.25, -0.2) is 9.79 Å². The fourth-order valence-electron chi connectivity index (χ4n) is 3.69. The average molecular weight is 564 g/mol. The zero-order valence-electron chi connectivity index (χ0n) is 20.6. The number of carbonyl (C=O) groups is 1. The Kier molecular flexibility index (Phi) is 12.4. The summed E-state index contributed by atoms with van der Waals surface area (Å²) in [5.41, 5.74) is 0.565. The molecular formula is C23H42IN5O3. The molecule has 1 fully saturated rings. The van der Waals surface area contributed by atoms with E-state index in [1.165, 1.54) is 0 Å².